The first kappa shape index (κ1) is 24.7. The molecule has 0 aliphatic carbocycles. The van der Waals surface area contributed by atoms with Gasteiger partial charge in [0.25, 0.3) is 0 Å². The molecule has 1 fully saturated rings. The van der Waals surface area contributed by atoms with E-state index in [0.717, 1.165) is 45.8 Å². The van der Waals surface area contributed by atoms with Crippen LogP contribution in [0, 0.1) is 0 Å². The van der Waals surface area contributed by atoms with E-state index in [0.29, 0.717) is 0 Å². The van der Waals surface area contributed by atoms with Gasteiger partial charge in [-0.3, -0.25) is 0 Å². The highest BCUT2D eigenvalue weighted by Gasteiger charge is 2.34. The highest BCUT2D eigenvalue weighted by Crippen LogP contribution is 2.50. The summed E-state index contributed by atoms with van der Waals surface area (Å²) >= 11 is 3.93. The van der Waals surface area contributed by atoms with E-state index in [2.05, 4.69) is 48.5 Å². The average molecular weight is 519 g/mol. The molecule has 2 aliphatic heterocycles. The molecule has 0 amide bonds. The normalized spacial score (nSPS) is 18.3. The molecule has 1 atom stereocenters. The van der Waals surface area contributed by atoms with Crippen LogP contribution in [0.15, 0.2) is 84.6 Å². The Kier molecular flexibility index (Phi) is 7.83. The number of methoxy groups -OCH3 is 3. The summed E-state index contributed by atoms with van der Waals surface area (Å²) in [5, 5.41) is 0. The molecular formula is C30H30O4S2. The second-order valence-corrected chi connectivity index (χ2v) is 11.2. The molecule has 0 bridgehead atoms. The fourth-order valence-electron chi connectivity index (χ4n) is 4.57. The van der Waals surface area contributed by atoms with E-state index in [9.17, 15) is 0 Å². The third-order valence-corrected chi connectivity index (χ3v) is 9.29. The second kappa shape index (κ2) is 11.4. The van der Waals surface area contributed by atoms with E-state index < -0.39 is 0 Å². The highest BCUT2D eigenvalue weighted by atomic mass is 32.2. The number of rotatable bonds is 7. The van der Waals surface area contributed by atoms with Crippen LogP contribution in [0.4, 0.5) is 0 Å². The summed E-state index contributed by atoms with van der Waals surface area (Å²) in [5.74, 6) is 6.40. The number of allylic oxidation sites excluding steroid dienone is 2. The molecule has 4 nitrogen and oxygen atoms in total. The molecule has 186 valence electrons. The molecule has 1 saturated heterocycles. The quantitative estimate of drug-likeness (QED) is 0.323. The lowest BCUT2D eigenvalue weighted by atomic mass is 9.83. The van der Waals surface area contributed by atoms with Gasteiger partial charge in [-0.25, -0.2) is 0 Å². The van der Waals surface area contributed by atoms with Gasteiger partial charge in [-0.1, -0.05) is 42.5 Å². The fourth-order valence-corrected chi connectivity index (χ4v) is 7.42. The van der Waals surface area contributed by atoms with Gasteiger partial charge in [-0.15, -0.1) is 23.5 Å². The lowest BCUT2D eigenvalue weighted by Crippen LogP contribution is -2.19. The fraction of sp³-hybridized carbons (Fsp3) is 0.267. The monoisotopic (exact) mass is 518 g/mol. The Morgan fingerprint density at radius 3 is 2.14 bits per heavy atom. The number of ether oxygens (including phenoxy) is 4. The first-order chi connectivity index (χ1) is 17.7. The van der Waals surface area contributed by atoms with Gasteiger partial charge < -0.3 is 18.9 Å². The first-order valence-electron chi connectivity index (χ1n) is 12.0. The predicted molar refractivity (Wildman–Crippen MR) is 151 cm³/mol. The van der Waals surface area contributed by atoms with Gasteiger partial charge in [-0.05, 0) is 65.5 Å². The smallest absolute Gasteiger partial charge is 0.135 e. The van der Waals surface area contributed by atoms with Gasteiger partial charge in [0.2, 0.25) is 0 Å². The Labute approximate surface area is 221 Å². The Bertz CT molecular complexity index is 1250. The molecule has 0 N–H and O–H groups in total. The largest absolute Gasteiger partial charge is 0.497 e. The molecule has 2 aliphatic rings. The van der Waals surface area contributed by atoms with Crippen molar-refractivity contribution in [3.63, 3.8) is 0 Å². The molecule has 0 spiro atoms. The maximum atomic E-state index is 6.86. The zero-order valence-corrected chi connectivity index (χ0v) is 22.4. The summed E-state index contributed by atoms with van der Waals surface area (Å²) in [6, 6.07) is 24.8. The van der Waals surface area contributed by atoms with E-state index in [-0.39, 0.29) is 10.5 Å². The van der Waals surface area contributed by atoms with Crippen molar-refractivity contribution in [2.45, 2.75) is 16.9 Å². The zero-order valence-electron chi connectivity index (χ0n) is 20.7. The molecule has 36 heavy (non-hydrogen) atoms. The Hall–Kier alpha value is -2.96. The summed E-state index contributed by atoms with van der Waals surface area (Å²) < 4.78 is 23.8. The molecular weight excluding hydrogens is 488 g/mol. The Balaban J connectivity index is 1.71. The minimum absolute atomic E-state index is 0.00362. The van der Waals surface area contributed by atoms with Gasteiger partial charge in [-0.2, -0.15) is 0 Å². The van der Waals surface area contributed by atoms with Gasteiger partial charge in [0.1, 0.15) is 33.3 Å². The van der Waals surface area contributed by atoms with Crippen molar-refractivity contribution in [3.05, 3.63) is 101 Å². The van der Waals surface area contributed by atoms with Crippen molar-refractivity contribution < 1.29 is 18.9 Å². The van der Waals surface area contributed by atoms with E-state index in [4.69, 9.17) is 18.9 Å². The van der Waals surface area contributed by atoms with Crippen LogP contribution in [0.3, 0.4) is 0 Å². The maximum absolute atomic E-state index is 6.86. The SMILES string of the molecule is COc1ccc(C2C=C(c3cc(OC)ccc3OC)OC(C3SCCCS3)=C2c2ccccc2)cc1. The number of hydrogen-bond acceptors (Lipinski definition) is 6. The Morgan fingerprint density at radius 1 is 0.778 bits per heavy atom. The Morgan fingerprint density at radius 2 is 1.47 bits per heavy atom. The van der Waals surface area contributed by atoms with Gasteiger partial charge >= 0.3 is 0 Å². The van der Waals surface area contributed by atoms with Crippen LogP contribution in [0.25, 0.3) is 11.3 Å². The topological polar surface area (TPSA) is 36.9 Å². The number of thioether (sulfide) groups is 2. The van der Waals surface area contributed by atoms with Crippen LogP contribution in [-0.4, -0.2) is 37.4 Å². The standard InChI is InChI=1S/C30H30O4S2/c1-31-22-12-10-20(11-13-22)24-19-27(25-18-23(32-2)14-15-26(25)33-3)34-29(30-35-16-7-17-36-30)28(24)21-8-5-4-6-9-21/h4-6,8-15,18-19,24,30H,7,16-17H2,1-3H3. The van der Waals surface area contributed by atoms with Crippen molar-refractivity contribution >= 4 is 34.9 Å². The van der Waals surface area contributed by atoms with Crippen LogP contribution < -0.4 is 14.2 Å². The van der Waals surface area contributed by atoms with Crippen LogP contribution in [0.1, 0.15) is 29.0 Å². The van der Waals surface area contributed by atoms with Crippen LogP contribution >= 0.6 is 23.5 Å². The molecule has 0 aromatic heterocycles. The lowest BCUT2D eigenvalue weighted by Gasteiger charge is -2.34. The average Bonchev–Trinajstić information content (AvgIpc) is 2.97. The van der Waals surface area contributed by atoms with Crippen molar-refractivity contribution in [3.8, 4) is 17.2 Å². The van der Waals surface area contributed by atoms with E-state index in [1.54, 1.807) is 21.3 Å². The maximum Gasteiger partial charge on any atom is 0.135 e. The van der Waals surface area contributed by atoms with Gasteiger partial charge in [0.05, 0.1) is 26.9 Å². The highest BCUT2D eigenvalue weighted by molar-refractivity contribution is 8.17. The van der Waals surface area contributed by atoms with Crippen LogP contribution in [0.2, 0.25) is 0 Å². The summed E-state index contributed by atoms with van der Waals surface area (Å²) in [6.45, 7) is 0. The van der Waals surface area contributed by atoms with Crippen molar-refractivity contribution in [2.75, 3.05) is 32.8 Å². The molecule has 3 aromatic carbocycles. The zero-order chi connectivity index (χ0) is 24.9. The number of hydrogen-bond donors (Lipinski definition) is 0. The molecule has 6 heteroatoms. The molecule has 0 radical (unpaired) electrons. The van der Waals surface area contributed by atoms with Gasteiger partial charge in [0, 0.05) is 11.5 Å². The summed E-state index contributed by atoms with van der Waals surface area (Å²) in [4.78, 5) is 0. The predicted octanol–water partition coefficient (Wildman–Crippen LogP) is 7.47. The van der Waals surface area contributed by atoms with E-state index in [1.807, 2.05) is 53.9 Å². The summed E-state index contributed by atoms with van der Waals surface area (Å²) in [7, 11) is 5.06. The molecule has 2 heterocycles. The third-order valence-electron chi connectivity index (χ3n) is 6.39. The summed E-state index contributed by atoms with van der Waals surface area (Å²) in [6.07, 6.45) is 3.43. The molecule has 0 saturated carbocycles. The van der Waals surface area contributed by atoms with Crippen LogP contribution in [0.5, 0.6) is 17.2 Å². The molecule has 5 rings (SSSR count). The lowest BCUT2D eigenvalue weighted by molar-refractivity contribution is 0.364. The summed E-state index contributed by atoms with van der Waals surface area (Å²) in [5.41, 5.74) is 4.44. The van der Waals surface area contributed by atoms with Gasteiger partial charge in [0.15, 0.2) is 0 Å². The molecule has 3 aromatic rings. The minimum atomic E-state index is -0.00362. The van der Waals surface area contributed by atoms with Crippen LogP contribution in [-0.2, 0) is 4.74 Å². The van der Waals surface area contributed by atoms with Crippen molar-refractivity contribution in [2.24, 2.45) is 0 Å². The van der Waals surface area contributed by atoms with E-state index >= 15 is 0 Å². The van der Waals surface area contributed by atoms with Crippen molar-refractivity contribution in [1.82, 2.24) is 0 Å². The van der Waals surface area contributed by atoms with Crippen molar-refractivity contribution in [1.29, 1.82) is 0 Å². The molecule has 1 unspecified atom stereocenters. The third kappa shape index (κ3) is 5.11. The number of benzene rings is 3. The van der Waals surface area contributed by atoms with E-state index in [1.165, 1.54) is 23.1 Å². The first-order valence-corrected chi connectivity index (χ1v) is 14.1. The minimum Gasteiger partial charge on any atom is -0.497 e. The second-order valence-electron chi connectivity index (χ2n) is 8.52.